The second kappa shape index (κ2) is 9.26. The molecule has 3 rings (SSSR count). The molecule has 7 nitrogen and oxygen atoms in total. The van der Waals surface area contributed by atoms with Crippen molar-refractivity contribution in [2.24, 2.45) is 0 Å². The molecule has 0 spiro atoms. The van der Waals surface area contributed by atoms with Crippen LogP contribution in [0.4, 0.5) is 14.6 Å². The Morgan fingerprint density at radius 3 is 2.79 bits per heavy atom. The van der Waals surface area contributed by atoms with Gasteiger partial charge in [-0.25, -0.2) is 18.7 Å². The van der Waals surface area contributed by atoms with Gasteiger partial charge in [-0.2, -0.15) is 10.5 Å². The second-order valence-corrected chi connectivity index (χ2v) is 6.67. The number of aromatic nitrogens is 2. The number of ether oxygens (including phenoxy) is 1. The van der Waals surface area contributed by atoms with Crippen molar-refractivity contribution in [2.45, 2.75) is 32.9 Å². The topological polar surface area (TPSA) is 97.9 Å². The Hall–Kier alpha value is -3.30. The van der Waals surface area contributed by atoms with Gasteiger partial charge in [-0.3, -0.25) is 4.90 Å². The predicted octanol–water partition coefficient (Wildman–Crippen LogP) is 2.79. The van der Waals surface area contributed by atoms with Gasteiger partial charge in [0.2, 0.25) is 5.88 Å². The minimum Gasteiger partial charge on any atom is -0.472 e. The lowest BCUT2D eigenvalue weighted by Gasteiger charge is -2.30. The minimum absolute atomic E-state index is 0.153. The molecule has 0 unspecified atom stereocenters. The molecular weight excluding hydrogens is 378 g/mol. The third-order valence-electron chi connectivity index (χ3n) is 4.66. The number of hydrogen-bond acceptors (Lipinski definition) is 7. The molecule has 0 saturated carbocycles. The quantitative estimate of drug-likeness (QED) is 0.716. The Morgan fingerprint density at radius 2 is 2.14 bits per heavy atom. The molecule has 0 atom stereocenters. The lowest BCUT2D eigenvalue weighted by molar-refractivity contribution is 0.0795. The van der Waals surface area contributed by atoms with Gasteiger partial charge in [-0.05, 0) is 24.5 Å². The van der Waals surface area contributed by atoms with E-state index < -0.39 is 13.0 Å². The van der Waals surface area contributed by atoms with Crippen LogP contribution >= 0.6 is 0 Å². The van der Waals surface area contributed by atoms with Crippen molar-refractivity contribution in [2.75, 3.05) is 25.0 Å². The molecule has 2 aromatic rings. The number of nitriles is 2. The van der Waals surface area contributed by atoms with E-state index in [4.69, 9.17) is 10.00 Å². The summed E-state index contributed by atoms with van der Waals surface area (Å²) in [7, 11) is 0. The van der Waals surface area contributed by atoms with Crippen LogP contribution in [0.15, 0.2) is 18.3 Å². The van der Waals surface area contributed by atoms with E-state index >= 15 is 0 Å². The molecule has 1 aliphatic rings. The maximum Gasteiger partial charge on any atom is 0.272 e. The van der Waals surface area contributed by atoms with Gasteiger partial charge in [0.25, 0.3) is 6.43 Å². The molecule has 0 saturated heterocycles. The highest BCUT2D eigenvalue weighted by atomic mass is 19.3. The van der Waals surface area contributed by atoms with E-state index in [0.717, 1.165) is 23.2 Å². The molecule has 2 aromatic heterocycles. The van der Waals surface area contributed by atoms with Gasteiger partial charge >= 0.3 is 0 Å². The van der Waals surface area contributed by atoms with E-state index in [1.165, 1.54) is 0 Å². The number of anilines is 1. The van der Waals surface area contributed by atoms with E-state index in [-0.39, 0.29) is 12.4 Å². The van der Waals surface area contributed by atoms with Crippen molar-refractivity contribution in [3.63, 3.8) is 0 Å². The molecule has 0 radical (unpaired) electrons. The first-order valence-electron chi connectivity index (χ1n) is 9.13. The van der Waals surface area contributed by atoms with E-state index in [1.54, 1.807) is 25.3 Å². The van der Waals surface area contributed by atoms with Gasteiger partial charge in [-0.1, -0.05) is 6.07 Å². The second-order valence-electron chi connectivity index (χ2n) is 6.67. The average Bonchev–Trinajstić information content (AvgIpc) is 2.71. The highest BCUT2D eigenvalue weighted by molar-refractivity contribution is 5.58. The summed E-state index contributed by atoms with van der Waals surface area (Å²) < 4.78 is 29.3. The van der Waals surface area contributed by atoms with E-state index in [9.17, 15) is 14.0 Å². The first kappa shape index (κ1) is 20.4. The fraction of sp³-hybridized carbons (Fsp3) is 0.400. The van der Waals surface area contributed by atoms with E-state index in [1.807, 2.05) is 6.07 Å². The van der Waals surface area contributed by atoms with Crippen LogP contribution in [0.3, 0.4) is 0 Å². The van der Waals surface area contributed by atoms with Crippen LogP contribution in [0, 0.1) is 29.6 Å². The molecule has 3 heterocycles. The molecule has 1 N–H and O–H groups in total. The summed E-state index contributed by atoms with van der Waals surface area (Å²) in [4.78, 5) is 10.7. The van der Waals surface area contributed by atoms with E-state index in [0.29, 0.717) is 36.6 Å². The number of fused-ring (bicyclic) bond motifs is 1. The summed E-state index contributed by atoms with van der Waals surface area (Å²) in [6.07, 6.45) is -0.225. The monoisotopic (exact) mass is 398 g/mol. The lowest BCUT2D eigenvalue weighted by atomic mass is 9.94. The third-order valence-corrected chi connectivity index (χ3v) is 4.66. The Balaban J connectivity index is 1.74. The Morgan fingerprint density at radius 1 is 1.31 bits per heavy atom. The standard InChI is InChI=1S/C20H20F2N6O/c1-13-16(8-24)17-11-28(7-4-15(17)20(27-13)25-6-5-23)10-14-2-3-19(26-9-14)29-12-18(21)22/h2-3,9,18H,4,6-7,10-12H2,1H3,(H,25,27). The van der Waals surface area contributed by atoms with Crippen LogP contribution in [0.25, 0.3) is 0 Å². The number of aryl methyl sites for hydroxylation is 1. The van der Waals surface area contributed by atoms with Crippen molar-refractivity contribution in [3.8, 4) is 18.0 Å². The van der Waals surface area contributed by atoms with Gasteiger partial charge in [0.05, 0.1) is 17.3 Å². The average molecular weight is 398 g/mol. The predicted molar refractivity (Wildman–Crippen MR) is 101 cm³/mol. The molecule has 0 aliphatic carbocycles. The molecule has 0 aromatic carbocycles. The van der Waals surface area contributed by atoms with Crippen molar-refractivity contribution < 1.29 is 13.5 Å². The number of hydrogen-bond donors (Lipinski definition) is 1. The molecular formula is C20H20F2N6O. The first-order chi connectivity index (χ1) is 14.0. The molecule has 0 bridgehead atoms. The molecule has 9 heteroatoms. The number of pyridine rings is 2. The van der Waals surface area contributed by atoms with Crippen LogP contribution in [0.5, 0.6) is 5.88 Å². The largest absolute Gasteiger partial charge is 0.472 e. The number of rotatable bonds is 7. The highest BCUT2D eigenvalue weighted by Crippen LogP contribution is 2.30. The SMILES string of the molecule is Cc1nc(NCC#N)c2c(c1C#N)CN(Cc1ccc(OCC(F)F)nc1)CC2. The first-order valence-corrected chi connectivity index (χ1v) is 9.13. The summed E-state index contributed by atoms with van der Waals surface area (Å²) in [5.74, 6) is 0.833. The fourth-order valence-corrected chi connectivity index (χ4v) is 3.37. The minimum atomic E-state index is -2.54. The van der Waals surface area contributed by atoms with Gasteiger partial charge < -0.3 is 10.1 Å². The van der Waals surface area contributed by atoms with Gasteiger partial charge in [0.15, 0.2) is 6.61 Å². The Labute approximate surface area is 167 Å². The molecule has 0 fully saturated rings. The van der Waals surface area contributed by atoms with Crippen molar-refractivity contribution in [1.82, 2.24) is 14.9 Å². The maximum absolute atomic E-state index is 12.2. The zero-order chi connectivity index (χ0) is 20.8. The molecule has 150 valence electrons. The normalized spacial score (nSPS) is 13.4. The smallest absolute Gasteiger partial charge is 0.272 e. The summed E-state index contributed by atoms with van der Waals surface area (Å²) in [5, 5.41) is 21.4. The van der Waals surface area contributed by atoms with Crippen LogP contribution < -0.4 is 10.1 Å². The lowest BCUT2D eigenvalue weighted by Crippen LogP contribution is -2.32. The van der Waals surface area contributed by atoms with Crippen LogP contribution in [-0.4, -0.2) is 41.0 Å². The molecule has 29 heavy (non-hydrogen) atoms. The number of halogens is 2. The fourth-order valence-electron chi connectivity index (χ4n) is 3.37. The number of nitrogens with zero attached hydrogens (tertiary/aromatic N) is 5. The van der Waals surface area contributed by atoms with Gasteiger partial charge in [0.1, 0.15) is 18.4 Å². The van der Waals surface area contributed by atoms with Crippen molar-refractivity contribution in [3.05, 3.63) is 46.3 Å². The molecule has 1 aliphatic heterocycles. The number of alkyl halides is 2. The zero-order valence-corrected chi connectivity index (χ0v) is 16.0. The third kappa shape index (κ3) is 4.95. The molecule has 0 amide bonds. The maximum atomic E-state index is 12.2. The summed E-state index contributed by atoms with van der Waals surface area (Å²) in [5.41, 5.74) is 4.03. The van der Waals surface area contributed by atoms with Crippen LogP contribution in [-0.2, 0) is 19.5 Å². The van der Waals surface area contributed by atoms with Gasteiger partial charge in [0, 0.05) is 37.5 Å². The van der Waals surface area contributed by atoms with Gasteiger partial charge in [-0.15, -0.1) is 0 Å². The van der Waals surface area contributed by atoms with Crippen molar-refractivity contribution in [1.29, 1.82) is 10.5 Å². The van der Waals surface area contributed by atoms with Crippen molar-refractivity contribution >= 4 is 5.82 Å². The zero-order valence-electron chi connectivity index (χ0n) is 16.0. The summed E-state index contributed by atoms with van der Waals surface area (Å²) in [6, 6.07) is 7.67. The Kier molecular flexibility index (Phi) is 6.53. The Bertz CT molecular complexity index is 949. The van der Waals surface area contributed by atoms with E-state index in [2.05, 4.69) is 26.3 Å². The van der Waals surface area contributed by atoms with Crippen LogP contribution in [0.1, 0.15) is 27.9 Å². The van der Waals surface area contributed by atoms with Crippen LogP contribution in [0.2, 0.25) is 0 Å². The summed E-state index contributed by atoms with van der Waals surface area (Å²) >= 11 is 0. The summed E-state index contributed by atoms with van der Waals surface area (Å²) in [6.45, 7) is 3.20. The number of nitrogens with one attached hydrogen (secondary N) is 1. The highest BCUT2D eigenvalue weighted by Gasteiger charge is 2.24.